The third kappa shape index (κ3) is 5.38. The molecule has 0 radical (unpaired) electrons. The third-order valence-electron chi connectivity index (χ3n) is 4.41. The van der Waals surface area contributed by atoms with Crippen molar-refractivity contribution in [3.05, 3.63) is 88.2 Å². The monoisotopic (exact) mass is 458 g/mol. The maximum absolute atomic E-state index is 13.1. The number of hydrogen-bond donors (Lipinski definition) is 2. The van der Waals surface area contributed by atoms with E-state index in [1.807, 2.05) is 0 Å². The van der Waals surface area contributed by atoms with Gasteiger partial charge in [-0.05, 0) is 55.0 Å². The van der Waals surface area contributed by atoms with Crippen molar-refractivity contribution in [3.63, 3.8) is 0 Å². The molecule has 0 atom stereocenters. The third-order valence-corrected chi connectivity index (χ3v) is 5.84. The maximum atomic E-state index is 13.1. The standard InChI is InChI=1S/C21H19FN4O5S/c1-14(15-3-5-16(22)6-4-15)23-24-20-12-9-18(26(27)28)13-21(20)32(29,30)25-17-7-10-19(31-2)11-8-17/h3-13,24-25H,1-2H3. The lowest BCUT2D eigenvalue weighted by molar-refractivity contribution is -0.385. The smallest absolute Gasteiger partial charge is 0.270 e. The van der Waals surface area contributed by atoms with E-state index >= 15 is 0 Å². The molecule has 3 rings (SSSR count). The summed E-state index contributed by atoms with van der Waals surface area (Å²) in [6, 6.07) is 15.1. The molecule has 32 heavy (non-hydrogen) atoms. The van der Waals surface area contributed by atoms with Gasteiger partial charge in [-0.2, -0.15) is 5.10 Å². The lowest BCUT2D eigenvalue weighted by atomic mass is 10.1. The fraction of sp³-hybridized carbons (Fsp3) is 0.0952. The molecule has 3 aromatic rings. The molecular weight excluding hydrogens is 439 g/mol. The van der Waals surface area contributed by atoms with Crippen LogP contribution in [0.3, 0.4) is 0 Å². The van der Waals surface area contributed by atoms with Crippen LogP contribution in [0.4, 0.5) is 21.5 Å². The van der Waals surface area contributed by atoms with E-state index in [1.54, 1.807) is 19.1 Å². The highest BCUT2D eigenvalue weighted by molar-refractivity contribution is 7.92. The van der Waals surface area contributed by atoms with Gasteiger partial charge in [0.15, 0.2) is 0 Å². The molecule has 0 fully saturated rings. The molecule has 0 bridgehead atoms. The summed E-state index contributed by atoms with van der Waals surface area (Å²) in [4.78, 5) is 10.1. The van der Waals surface area contributed by atoms with Crippen LogP contribution in [-0.4, -0.2) is 26.2 Å². The van der Waals surface area contributed by atoms with Gasteiger partial charge >= 0.3 is 0 Å². The molecule has 3 aromatic carbocycles. The number of hydrogen-bond acceptors (Lipinski definition) is 7. The van der Waals surface area contributed by atoms with Crippen molar-refractivity contribution in [2.75, 3.05) is 17.3 Å². The molecular formula is C21H19FN4O5S. The summed E-state index contributed by atoms with van der Waals surface area (Å²) in [6.07, 6.45) is 0. The second-order valence-electron chi connectivity index (χ2n) is 6.59. The van der Waals surface area contributed by atoms with Gasteiger partial charge in [0.05, 0.1) is 23.4 Å². The minimum absolute atomic E-state index is 0.0260. The predicted octanol–water partition coefficient (Wildman–Crippen LogP) is 4.38. The summed E-state index contributed by atoms with van der Waals surface area (Å²) in [6.45, 7) is 1.65. The van der Waals surface area contributed by atoms with Crippen LogP contribution in [0.5, 0.6) is 5.75 Å². The average molecular weight is 458 g/mol. The Morgan fingerprint density at radius 1 is 1.06 bits per heavy atom. The Hall–Kier alpha value is -3.99. The fourth-order valence-corrected chi connectivity index (χ4v) is 3.94. The van der Waals surface area contributed by atoms with Crippen molar-refractivity contribution in [3.8, 4) is 5.75 Å². The number of nitrogens with one attached hydrogen (secondary N) is 2. The second kappa shape index (κ2) is 9.43. The van der Waals surface area contributed by atoms with E-state index < -0.39 is 26.5 Å². The van der Waals surface area contributed by atoms with E-state index in [-0.39, 0.29) is 16.3 Å². The normalized spacial score (nSPS) is 11.7. The van der Waals surface area contributed by atoms with Gasteiger partial charge in [0, 0.05) is 17.8 Å². The highest BCUT2D eigenvalue weighted by Gasteiger charge is 2.23. The first-order chi connectivity index (χ1) is 15.2. The van der Waals surface area contributed by atoms with E-state index in [4.69, 9.17) is 4.74 Å². The zero-order valence-corrected chi connectivity index (χ0v) is 17.9. The first-order valence-electron chi connectivity index (χ1n) is 9.21. The van der Waals surface area contributed by atoms with Crippen LogP contribution >= 0.6 is 0 Å². The van der Waals surface area contributed by atoms with E-state index in [0.29, 0.717) is 17.0 Å². The Morgan fingerprint density at radius 2 is 1.72 bits per heavy atom. The number of sulfonamides is 1. The van der Waals surface area contributed by atoms with Gasteiger partial charge < -0.3 is 4.74 Å². The number of hydrazone groups is 1. The van der Waals surface area contributed by atoms with Crippen LogP contribution in [0.1, 0.15) is 12.5 Å². The van der Waals surface area contributed by atoms with Crippen molar-refractivity contribution in [2.24, 2.45) is 5.10 Å². The second-order valence-corrected chi connectivity index (χ2v) is 8.24. The Bertz CT molecular complexity index is 1260. The van der Waals surface area contributed by atoms with E-state index in [2.05, 4.69) is 15.2 Å². The maximum Gasteiger partial charge on any atom is 0.270 e. The highest BCUT2D eigenvalue weighted by Crippen LogP contribution is 2.29. The summed E-state index contributed by atoms with van der Waals surface area (Å²) in [7, 11) is -2.73. The predicted molar refractivity (Wildman–Crippen MR) is 119 cm³/mol. The Kier molecular flexibility index (Phi) is 6.69. The van der Waals surface area contributed by atoms with Crippen LogP contribution in [0.2, 0.25) is 0 Å². The van der Waals surface area contributed by atoms with Crippen LogP contribution in [0.15, 0.2) is 76.7 Å². The van der Waals surface area contributed by atoms with Gasteiger partial charge in [-0.1, -0.05) is 12.1 Å². The summed E-state index contributed by atoms with van der Waals surface area (Å²) in [5.74, 6) is 0.138. The topological polar surface area (TPSA) is 123 Å². The number of ether oxygens (including phenoxy) is 1. The fourth-order valence-electron chi connectivity index (χ4n) is 2.71. The number of anilines is 2. The lowest BCUT2D eigenvalue weighted by Gasteiger charge is -2.13. The molecule has 11 heteroatoms. The van der Waals surface area contributed by atoms with Gasteiger partial charge in [-0.3, -0.25) is 20.3 Å². The molecule has 166 valence electrons. The van der Waals surface area contributed by atoms with Gasteiger partial charge in [-0.25, -0.2) is 12.8 Å². The number of benzene rings is 3. The lowest BCUT2D eigenvalue weighted by Crippen LogP contribution is -2.15. The summed E-state index contributed by atoms with van der Waals surface area (Å²) in [5, 5.41) is 15.3. The Labute approximate surface area is 183 Å². The Morgan fingerprint density at radius 3 is 2.31 bits per heavy atom. The zero-order chi connectivity index (χ0) is 23.3. The molecule has 9 nitrogen and oxygen atoms in total. The minimum atomic E-state index is -4.21. The van der Waals surface area contributed by atoms with Crippen molar-refractivity contribution < 1.29 is 22.5 Å². The van der Waals surface area contributed by atoms with Crippen LogP contribution in [0, 0.1) is 15.9 Å². The summed E-state index contributed by atoms with van der Waals surface area (Å²) in [5.41, 5.74) is 3.57. The average Bonchev–Trinajstić information content (AvgIpc) is 2.78. The molecule has 0 aliphatic carbocycles. The number of nitro groups is 1. The van der Waals surface area contributed by atoms with Crippen molar-refractivity contribution >= 4 is 32.8 Å². The SMILES string of the molecule is COc1ccc(NS(=O)(=O)c2cc([N+](=O)[O-])ccc2NN=C(C)c2ccc(F)cc2)cc1. The first kappa shape index (κ1) is 22.7. The molecule has 0 aromatic heterocycles. The minimum Gasteiger partial charge on any atom is -0.497 e. The highest BCUT2D eigenvalue weighted by atomic mass is 32.2. The van der Waals surface area contributed by atoms with Crippen LogP contribution in [0.25, 0.3) is 0 Å². The molecule has 0 aliphatic rings. The number of nitro benzene ring substituents is 1. The van der Waals surface area contributed by atoms with Crippen molar-refractivity contribution in [2.45, 2.75) is 11.8 Å². The van der Waals surface area contributed by atoms with Gasteiger partial charge in [0.25, 0.3) is 15.7 Å². The van der Waals surface area contributed by atoms with Gasteiger partial charge in [-0.15, -0.1) is 0 Å². The number of non-ortho nitro benzene ring substituents is 1. The quantitative estimate of drug-likeness (QED) is 0.293. The molecule has 0 unspecified atom stereocenters. The molecule has 0 saturated carbocycles. The summed E-state index contributed by atoms with van der Waals surface area (Å²) >= 11 is 0. The number of rotatable bonds is 8. The number of nitrogens with zero attached hydrogens (tertiary/aromatic N) is 2. The molecule has 0 heterocycles. The zero-order valence-electron chi connectivity index (χ0n) is 17.1. The first-order valence-corrected chi connectivity index (χ1v) is 10.7. The van der Waals surface area contributed by atoms with Gasteiger partial charge in [0.1, 0.15) is 16.5 Å². The molecule has 0 amide bonds. The molecule has 0 saturated heterocycles. The van der Waals surface area contributed by atoms with Crippen LogP contribution < -0.4 is 14.9 Å². The van der Waals surface area contributed by atoms with E-state index in [1.165, 1.54) is 49.6 Å². The van der Waals surface area contributed by atoms with Crippen molar-refractivity contribution in [1.82, 2.24) is 0 Å². The largest absolute Gasteiger partial charge is 0.497 e. The van der Waals surface area contributed by atoms with Crippen LogP contribution in [-0.2, 0) is 10.0 Å². The molecule has 0 spiro atoms. The summed E-state index contributed by atoms with van der Waals surface area (Å²) < 4.78 is 46.6. The van der Waals surface area contributed by atoms with Gasteiger partial charge in [0.2, 0.25) is 0 Å². The van der Waals surface area contributed by atoms with Crippen molar-refractivity contribution in [1.29, 1.82) is 0 Å². The number of halogens is 1. The number of methoxy groups -OCH3 is 1. The van der Waals surface area contributed by atoms with E-state index in [9.17, 15) is 22.9 Å². The van der Waals surface area contributed by atoms with E-state index in [0.717, 1.165) is 12.1 Å². The Balaban J connectivity index is 1.95. The molecule has 2 N–H and O–H groups in total. The molecule has 0 aliphatic heterocycles.